The number of carbonyl (C=O) groups is 2. The molecule has 0 aliphatic heterocycles. The van der Waals surface area contributed by atoms with E-state index >= 15 is 0 Å². The summed E-state index contributed by atoms with van der Waals surface area (Å²) < 4.78 is 5.08. The molecule has 0 fully saturated rings. The van der Waals surface area contributed by atoms with Crippen LogP contribution in [0.15, 0.2) is 54.6 Å². The van der Waals surface area contributed by atoms with Crippen LogP contribution < -0.4 is 5.32 Å². The number of rotatable bonds is 7. The second-order valence-electron chi connectivity index (χ2n) is 5.33. The van der Waals surface area contributed by atoms with Crippen molar-refractivity contribution in [1.29, 1.82) is 0 Å². The molecule has 7 nitrogen and oxygen atoms in total. The summed E-state index contributed by atoms with van der Waals surface area (Å²) >= 11 is 0. The molecule has 0 aliphatic carbocycles. The highest BCUT2D eigenvalue weighted by Gasteiger charge is 2.21. The van der Waals surface area contributed by atoms with Gasteiger partial charge in [0.2, 0.25) is 0 Å². The predicted molar refractivity (Wildman–Crippen MR) is 92.2 cm³/mol. The van der Waals surface area contributed by atoms with Crippen molar-refractivity contribution in [3.8, 4) is 0 Å². The van der Waals surface area contributed by atoms with Gasteiger partial charge in [0.25, 0.3) is 11.6 Å². The summed E-state index contributed by atoms with van der Waals surface area (Å²) in [5.74, 6) is -1.48. The molecular formula is C18H18N2O5. The van der Waals surface area contributed by atoms with Crippen molar-refractivity contribution < 1.29 is 19.2 Å². The van der Waals surface area contributed by atoms with E-state index in [0.29, 0.717) is 6.42 Å². The zero-order valence-electron chi connectivity index (χ0n) is 13.7. The van der Waals surface area contributed by atoms with Crippen molar-refractivity contribution in [2.24, 2.45) is 0 Å². The molecule has 2 aromatic rings. The summed E-state index contributed by atoms with van der Waals surface area (Å²) in [7, 11) is 0. The third kappa shape index (κ3) is 5.13. The third-order valence-electron chi connectivity index (χ3n) is 3.58. The van der Waals surface area contributed by atoms with Crippen molar-refractivity contribution >= 4 is 23.3 Å². The Bertz CT molecular complexity index is 761. The van der Waals surface area contributed by atoms with E-state index in [9.17, 15) is 19.7 Å². The van der Waals surface area contributed by atoms with Gasteiger partial charge in [-0.3, -0.25) is 19.7 Å². The monoisotopic (exact) mass is 342 g/mol. The van der Waals surface area contributed by atoms with Gasteiger partial charge in [-0.15, -0.1) is 0 Å². The number of amides is 1. The largest absolute Gasteiger partial charge is 0.455 e. The summed E-state index contributed by atoms with van der Waals surface area (Å²) in [5, 5.41) is 13.2. The minimum atomic E-state index is -0.559. The first-order chi connectivity index (χ1) is 12.0. The van der Waals surface area contributed by atoms with E-state index in [2.05, 4.69) is 5.32 Å². The molecule has 7 heteroatoms. The van der Waals surface area contributed by atoms with Gasteiger partial charge < -0.3 is 10.1 Å². The van der Waals surface area contributed by atoms with Gasteiger partial charge in [-0.1, -0.05) is 43.3 Å². The van der Waals surface area contributed by atoms with E-state index < -0.39 is 29.3 Å². The van der Waals surface area contributed by atoms with Crippen molar-refractivity contribution in [3.63, 3.8) is 0 Å². The van der Waals surface area contributed by atoms with Crippen molar-refractivity contribution in [2.45, 2.75) is 19.3 Å². The molecule has 2 aromatic carbocycles. The lowest BCUT2D eigenvalue weighted by atomic mass is 9.97. The van der Waals surface area contributed by atoms with Crippen molar-refractivity contribution in [2.75, 3.05) is 11.9 Å². The highest BCUT2D eigenvalue weighted by molar-refractivity contribution is 5.93. The summed E-state index contributed by atoms with van der Waals surface area (Å²) in [4.78, 5) is 34.2. The predicted octanol–water partition coefficient (Wildman–Crippen LogP) is 3.27. The van der Waals surface area contributed by atoms with Gasteiger partial charge in [0, 0.05) is 17.8 Å². The molecule has 0 aromatic heterocycles. The average molecular weight is 342 g/mol. The van der Waals surface area contributed by atoms with Crippen LogP contribution in [0.4, 0.5) is 11.4 Å². The van der Waals surface area contributed by atoms with Crippen LogP contribution in [0, 0.1) is 10.1 Å². The molecule has 0 heterocycles. The molecule has 0 aliphatic rings. The highest BCUT2D eigenvalue weighted by atomic mass is 16.6. The summed E-state index contributed by atoms with van der Waals surface area (Å²) in [6.45, 7) is 1.41. The van der Waals surface area contributed by atoms with Crippen LogP contribution >= 0.6 is 0 Å². The lowest BCUT2D eigenvalue weighted by molar-refractivity contribution is -0.384. The summed E-state index contributed by atoms with van der Waals surface area (Å²) in [5.41, 5.74) is 0.962. The van der Waals surface area contributed by atoms with Gasteiger partial charge in [-0.2, -0.15) is 0 Å². The Morgan fingerprint density at radius 1 is 1.16 bits per heavy atom. The fourth-order valence-electron chi connectivity index (χ4n) is 2.36. The summed E-state index contributed by atoms with van der Waals surface area (Å²) in [6.07, 6.45) is 0.551. The topological polar surface area (TPSA) is 98.5 Å². The average Bonchev–Trinajstić information content (AvgIpc) is 2.62. The Labute approximate surface area is 144 Å². The molecule has 1 amide bonds. The lowest BCUT2D eigenvalue weighted by Crippen LogP contribution is -2.23. The molecule has 0 saturated heterocycles. The Morgan fingerprint density at radius 2 is 1.88 bits per heavy atom. The Balaban J connectivity index is 1.92. The standard InChI is InChI=1S/C18H18N2O5/c1-2-16(13-7-4-3-5-8-13)18(22)25-12-17(21)19-14-9-6-10-15(11-14)20(23)24/h3-11,16H,2,12H2,1H3,(H,19,21). The fraction of sp³-hybridized carbons (Fsp3) is 0.222. The minimum absolute atomic E-state index is 0.134. The van der Waals surface area contributed by atoms with E-state index in [1.807, 2.05) is 37.3 Å². The Kier molecular flexibility index (Phi) is 6.22. The first kappa shape index (κ1) is 18.1. The molecule has 0 bridgehead atoms. The number of hydrogen-bond donors (Lipinski definition) is 1. The van der Waals surface area contributed by atoms with E-state index in [1.165, 1.54) is 24.3 Å². The molecule has 0 saturated carbocycles. The molecule has 1 atom stereocenters. The molecule has 0 radical (unpaired) electrons. The van der Waals surface area contributed by atoms with Gasteiger partial charge in [0.15, 0.2) is 6.61 Å². The number of nitro groups is 1. The zero-order valence-corrected chi connectivity index (χ0v) is 13.7. The van der Waals surface area contributed by atoms with E-state index in [-0.39, 0.29) is 11.4 Å². The Hall–Kier alpha value is -3.22. The van der Waals surface area contributed by atoms with Gasteiger partial charge in [0.1, 0.15) is 0 Å². The second-order valence-corrected chi connectivity index (χ2v) is 5.33. The maximum Gasteiger partial charge on any atom is 0.313 e. The number of benzene rings is 2. The molecular weight excluding hydrogens is 324 g/mol. The van der Waals surface area contributed by atoms with Gasteiger partial charge in [-0.05, 0) is 18.1 Å². The van der Waals surface area contributed by atoms with Crippen molar-refractivity contribution in [3.05, 3.63) is 70.3 Å². The SMILES string of the molecule is CCC(C(=O)OCC(=O)Nc1cccc([N+](=O)[O-])c1)c1ccccc1. The van der Waals surface area contributed by atoms with Crippen LogP contribution in [0.2, 0.25) is 0 Å². The van der Waals surface area contributed by atoms with Crippen LogP contribution in [0.25, 0.3) is 0 Å². The maximum absolute atomic E-state index is 12.2. The second kappa shape index (κ2) is 8.58. The number of hydrogen-bond acceptors (Lipinski definition) is 5. The highest BCUT2D eigenvalue weighted by Crippen LogP contribution is 2.21. The van der Waals surface area contributed by atoms with Crippen LogP contribution in [0.3, 0.4) is 0 Å². The number of nitrogens with zero attached hydrogens (tertiary/aromatic N) is 1. The zero-order chi connectivity index (χ0) is 18.2. The number of nitro benzene ring substituents is 1. The van der Waals surface area contributed by atoms with Gasteiger partial charge in [-0.25, -0.2) is 0 Å². The number of ether oxygens (including phenoxy) is 1. The molecule has 130 valence electrons. The van der Waals surface area contributed by atoms with Crippen LogP contribution in [0.5, 0.6) is 0 Å². The molecule has 1 unspecified atom stereocenters. The van der Waals surface area contributed by atoms with E-state index in [0.717, 1.165) is 5.56 Å². The van der Waals surface area contributed by atoms with Crippen LogP contribution in [-0.2, 0) is 14.3 Å². The Morgan fingerprint density at radius 3 is 2.52 bits per heavy atom. The quantitative estimate of drug-likeness (QED) is 0.473. The lowest BCUT2D eigenvalue weighted by Gasteiger charge is -2.14. The van der Waals surface area contributed by atoms with Crippen LogP contribution in [-0.4, -0.2) is 23.4 Å². The van der Waals surface area contributed by atoms with Crippen molar-refractivity contribution in [1.82, 2.24) is 0 Å². The number of non-ortho nitro benzene ring substituents is 1. The van der Waals surface area contributed by atoms with E-state index in [1.54, 1.807) is 0 Å². The first-order valence-corrected chi connectivity index (χ1v) is 7.77. The molecule has 0 spiro atoms. The minimum Gasteiger partial charge on any atom is -0.455 e. The van der Waals surface area contributed by atoms with Gasteiger partial charge >= 0.3 is 5.97 Å². The van der Waals surface area contributed by atoms with Crippen LogP contribution in [0.1, 0.15) is 24.8 Å². The number of carbonyl (C=O) groups excluding carboxylic acids is 2. The van der Waals surface area contributed by atoms with Gasteiger partial charge in [0.05, 0.1) is 10.8 Å². The molecule has 2 rings (SSSR count). The number of nitrogens with one attached hydrogen (secondary N) is 1. The number of anilines is 1. The third-order valence-corrected chi connectivity index (χ3v) is 3.58. The fourth-order valence-corrected chi connectivity index (χ4v) is 2.36. The first-order valence-electron chi connectivity index (χ1n) is 7.77. The molecule has 25 heavy (non-hydrogen) atoms. The van der Waals surface area contributed by atoms with E-state index in [4.69, 9.17) is 4.74 Å². The summed E-state index contributed by atoms with van der Waals surface area (Å²) in [6, 6.07) is 14.7. The molecule has 1 N–H and O–H groups in total. The normalized spacial score (nSPS) is 11.4. The smallest absolute Gasteiger partial charge is 0.313 e. The number of esters is 1. The maximum atomic E-state index is 12.2.